The second kappa shape index (κ2) is 12.5. The highest BCUT2D eigenvalue weighted by atomic mass is 32.1. The Bertz CT molecular complexity index is 1810. The molecule has 0 bridgehead atoms. The van der Waals surface area contributed by atoms with E-state index in [2.05, 4.69) is 16.9 Å². The fourth-order valence-corrected chi connectivity index (χ4v) is 6.18. The molecule has 0 aliphatic carbocycles. The van der Waals surface area contributed by atoms with Gasteiger partial charge in [-0.3, -0.25) is 14.5 Å². The van der Waals surface area contributed by atoms with Gasteiger partial charge in [0.25, 0.3) is 5.78 Å². The van der Waals surface area contributed by atoms with Gasteiger partial charge in [-0.25, -0.2) is 14.8 Å². The quantitative estimate of drug-likeness (QED) is 0.0781. The van der Waals surface area contributed by atoms with Crippen molar-refractivity contribution in [3.05, 3.63) is 75.2 Å². The number of amides is 1. The topological polar surface area (TPSA) is 133 Å². The second-order valence-corrected chi connectivity index (χ2v) is 11.3. The number of fused-ring (bicyclic) bond motifs is 1. The van der Waals surface area contributed by atoms with Crippen molar-refractivity contribution >= 4 is 45.5 Å². The number of Topliss-reactive ketones (excluding diaryl/α,β-unsaturated/α-hetero) is 1. The van der Waals surface area contributed by atoms with Gasteiger partial charge in [0.05, 0.1) is 43.3 Å². The third kappa shape index (κ3) is 5.30. The van der Waals surface area contributed by atoms with Crippen molar-refractivity contribution in [3.63, 3.8) is 0 Å². The van der Waals surface area contributed by atoms with Gasteiger partial charge in [-0.05, 0) is 63.4 Å². The van der Waals surface area contributed by atoms with Gasteiger partial charge < -0.3 is 23.7 Å². The fourth-order valence-electron chi connectivity index (χ4n) is 5.19. The monoisotopic (exact) mass is 618 g/mol. The summed E-state index contributed by atoms with van der Waals surface area (Å²) in [6.45, 7) is 9.72. The standard InChI is InChI=1S/C32H34N4O7S/c1-7-9-15-43-21-13-12-20(16-22(21)41-6)25-23(26(37)24-19(5)35-14-10-11-17(3)29(35)34-24)27(38)30(39)36(25)32-33-18(4)28(44-32)31(40)42-8-2/h10-14,16,25,37H,7-9,15H2,1-6H3. The van der Waals surface area contributed by atoms with Gasteiger partial charge in [0, 0.05) is 6.20 Å². The van der Waals surface area contributed by atoms with Gasteiger partial charge in [0.1, 0.15) is 16.2 Å². The van der Waals surface area contributed by atoms with E-state index < -0.39 is 29.5 Å². The number of anilines is 1. The maximum absolute atomic E-state index is 13.8. The Morgan fingerprint density at radius 1 is 1.09 bits per heavy atom. The molecule has 1 fully saturated rings. The summed E-state index contributed by atoms with van der Waals surface area (Å²) < 4.78 is 18.5. The number of thiazole rings is 1. The highest BCUT2D eigenvalue weighted by Crippen LogP contribution is 2.46. The number of ether oxygens (including phenoxy) is 3. The number of rotatable bonds is 10. The molecule has 0 radical (unpaired) electrons. The molecule has 1 unspecified atom stereocenters. The molecule has 5 rings (SSSR count). The van der Waals surface area contributed by atoms with Gasteiger partial charge in [-0.2, -0.15) is 0 Å². The molecule has 1 aliphatic rings. The number of aromatic nitrogens is 3. The Labute approximate surface area is 258 Å². The average molecular weight is 619 g/mol. The Balaban J connectivity index is 1.72. The maximum atomic E-state index is 13.8. The van der Waals surface area contributed by atoms with Gasteiger partial charge in [-0.15, -0.1) is 0 Å². The van der Waals surface area contributed by atoms with Crippen molar-refractivity contribution in [1.29, 1.82) is 0 Å². The van der Waals surface area contributed by atoms with Crippen LogP contribution in [0, 0.1) is 20.8 Å². The van der Waals surface area contributed by atoms with E-state index in [0.717, 1.165) is 29.7 Å². The number of carbonyl (C=O) groups excluding carboxylic acids is 3. The zero-order valence-electron chi connectivity index (χ0n) is 25.5. The highest BCUT2D eigenvalue weighted by Gasteiger charge is 2.49. The summed E-state index contributed by atoms with van der Waals surface area (Å²) in [5.74, 6) is -1.91. The fraction of sp³-hybridized carbons (Fsp3) is 0.344. The van der Waals surface area contributed by atoms with Crippen LogP contribution >= 0.6 is 11.3 Å². The van der Waals surface area contributed by atoms with E-state index in [-0.39, 0.29) is 27.9 Å². The third-order valence-corrected chi connectivity index (χ3v) is 8.60. The Hall–Kier alpha value is -4.71. The van der Waals surface area contributed by atoms with Gasteiger partial charge >= 0.3 is 11.9 Å². The van der Waals surface area contributed by atoms with Crippen LogP contribution in [0.3, 0.4) is 0 Å². The summed E-state index contributed by atoms with van der Waals surface area (Å²) in [4.78, 5) is 50.7. The minimum atomic E-state index is -1.11. The first-order valence-electron chi connectivity index (χ1n) is 14.3. The number of methoxy groups -OCH3 is 1. The molecule has 1 aromatic carbocycles. The minimum absolute atomic E-state index is 0.113. The SMILES string of the molecule is CCCCOc1ccc(C2C(=C(O)c3nc4c(C)cccn4c3C)C(=O)C(=O)N2c2nc(C)c(C(=O)OCC)s2)cc1OC. The molecule has 44 heavy (non-hydrogen) atoms. The number of aliphatic hydroxyl groups is 1. The lowest BCUT2D eigenvalue weighted by Crippen LogP contribution is -2.29. The molecule has 0 spiro atoms. The van der Waals surface area contributed by atoms with Crippen molar-refractivity contribution < 1.29 is 33.7 Å². The number of ketones is 1. The average Bonchev–Trinajstić information content (AvgIpc) is 3.64. The molecule has 1 aliphatic heterocycles. The predicted octanol–water partition coefficient (Wildman–Crippen LogP) is 5.71. The summed E-state index contributed by atoms with van der Waals surface area (Å²) in [5, 5.41) is 11.9. The van der Waals surface area contributed by atoms with Crippen LogP contribution in [0.5, 0.6) is 11.5 Å². The number of carbonyl (C=O) groups is 3. The normalized spacial score (nSPS) is 16.1. The smallest absolute Gasteiger partial charge is 0.350 e. The minimum Gasteiger partial charge on any atom is -0.505 e. The molecule has 3 aromatic heterocycles. The van der Waals surface area contributed by atoms with Crippen molar-refractivity contribution in [1.82, 2.24) is 14.4 Å². The molecule has 12 heteroatoms. The van der Waals surface area contributed by atoms with E-state index in [1.165, 1.54) is 12.0 Å². The number of unbranched alkanes of at least 4 members (excludes halogenated alkanes) is 1. The first-order valence-corrected chi connectivity index (χ1v) is 15.1. The molecule has 1 N–H and O–H groups in total. The van der Waals surface area contributed by atoms with E-state index in [9.17, 15) is 19.5 Å². The Morgan fingerprint density at radius 3 is 2.55 bits per heavy atom. The van der Waals surface area contributed by atoms with Crippen LogP contribution in [0.25, 0.3) is 11.4 Å². The zero-order valence-corrected chi connectivity index (χ0v) is 26.3. The number of pyridine rings is 1. The number of benzene rings is 1. The molecule has 1 saturated heterocycles. The van der Waals surface area contributed by atoms with E-state index in [1.54, 1.807) is 39.0 Å². The second-order valence-electron chi connectivity index (χ2n) is 10.3. The first kappa shape index (κ1) is 30.7. The van der Waals surface area contributed by atoms with Crippen LogP contribution in [-0.4, -0.2) is 57.5 Å². The molecule has 1 atom stereocenters. The van der Waals surface area contributed by atoms with Crippen molar-refractivity contribution in [3.8, 4) is 11.5 Å². The van der Waals surface area contributed by atoms with Gasteiger partial charge in [0.2, 0.25) is 0 Å². The lowest BCUT2D eigenvalue weighted by molar-refractivity contribution is -0.132. The molecule has 11 nitrogen and oxygen atoms in total. The number of nitrogens with zero attached hydrogens (tertiary/aromatic N) is 4. The zero-order chi connectivity index (χ0) is 31.7. The molecular weight excluding hydrogens is 584 g/mol. The molecule has 0 saturated carbocycles. The largest absolute Gasteiger partial charge is 0.505 e. The lowest BCUT2D eigenvalue weighted by atomic mass is 9.96. The molecule has 4 aromatic rings. The van der Waals surface area contributed by atoms with Crippen LogP contribution < -0.4 is 14.4 Å². The summed E-state index contributed by atoms with van der Waals surface area (Å²) >= 11 is 0.942. The summed E-state index contributed by atoms with van der Waals surface area (Å²) in [6, 6.07) is 7.74. The predicted molar refractivity (Wildman–Crippen MR) is 166 cm³/mol. The lowest BCUT2D eigenvalue weighted by Gasteiger charge is -2.24. The molecule has 1 amide bonds. The van der Waals surface area contributed by atoms with Gasteiger partial charge in [0.15, 0.2) is 22.4 Å². The van der Waals surface area contributed by atoms with E-state index >= 15 is 0 Å². The van der Waals surface area contributed by atoms with E-state index in [1.807, 2.05) is 29.7 Å². The van der Waals surface area contributed by atoms with Crippen LogP contribution in [0.15, 0.2) is 42.1 Å². The van der Waals surface area contributed by atoms with Gasteiger partial charge in [-0.1, -0.05) is 36.8 Å². The third-order valence-electron chi connectivity index (χ3n) is 7.46. The number of aliphatic hydroxyl groups excluding tert-OH is 1. The maximum Gasteiger partial charge on any atom is 0.350 e. The van der Waals surface area contributed by atoms with E-state index in [4.69, 9.17) is 14.2 Å². The molecular formula is C32H34N4O7S. The van der Waals surface area contributed by atoms with Crippen molar-refractivity contribution in [2.75, 3.05) is 25.2 Å². The highest BCUT2D eigenvalue weighted by molar-refractivity contribution is 7.17. The Kier molecular flexibility index (Phi) is 8.73. The number of hydrogen-bond acceptors (Lipinski definition) is 10. The number of imidazole rings is 1. The van der Waals surface area contributed by atoms with Crippen LogP contribution in [0.4, 0.5) is 5.13 Å². The number of aryl methyl sites for hydroxylation is 3. The van der Waals surface area contributed by atoms with Crippen LogP contribution in [0.2, 0.25) is 0 Å². The summed E-state index contributed by atoms with van der Waals surface area (Å²) in [7, 11) is 1.50. The van der Waals surface area contributed by atoms with Crippen molar-refractivity contribution in [2.24, 2.45) is 0 Å². The van der Waals surface area contributed by atoms with E-state index in [0.29, 0.717) is 40.7 Å². The van der Waals surface area contributed by atoms with Crippen LogP contribution in [0.1, 0.15) is 70.6 Å². The number of hydrogen-bond donors (Lipinski definition) is 1. The molecule has 4 heterocycles. The first-order chi connectivity index (χ1) is 21.1. The van der Waals surface area contributed by atoms with Crippen molar-refractivity contribution in [2.45, 2.75) is 53.5 Å². The molecule has 230 valence electrons. The summed E-state index contributed by atoms with van der Waals surface area (Å²) in [5.41, 5.74) is 2.92. The summed E-state index contributed by atoms with van der Waals surface area (Å²) in [6.07, 6.45) is 3.63. The Morgan fingerprint density at radius 2 is 1.86 bits per heavy atom. The number of esters is 1. The van der Waals surface area contributed by atoms with Crippen LogP contribution in [-0.2, 0) is 14.3 Å².